The van der Waals surface area contributed by atoms with Gasteiger partial charge in [0.05, 0.1) is 13.7 Å². The Kier molecular flexibility index (Phi) is 8.07. The number of esters is 1. The SMILES string of the molecule is CCOc1cc(C=C(C#N)C(=O)Nc2ccc(Cl)cc2)ccc1OCC(=O)OC. The first kappa shape index (κ1) is 21.8. The lowest BCUT2D eigenvalue weighted by Crippen LogP contribution is -2.13. The Bertz CT molecular complexity index is 949. The molecule has 7 nitrogen and oxygen atoms in total. The van der Waals surface area contributed by atoms with Crippen LogP contribution in [0.5, 0.6) is 11.5 Å². The molecule has 0 bridgehead atoms. The van der Waals surface area contributed by atoms with Crippen LogP contribution in [0.2, 0.25) is 5.02 Å². The number of benzene rings is 2. The standard InChI is InChI=1S/C21H19ClN2O5/c1-3-28-19-11-14(4-9-18(19)29-13-20(25)27-2)10-15(12-23)21(26)24-17-7-5-16(22)6-8-17/h4-11H,3,13H2,1-2H3,(H,24,26). The Labute approximate surface area is 173 Å². The molecule has 0 aliphatic heterocycles. The van der Waals surface area contributed by atoms with Crippen molar-refractivity contribution in [2.24, 2.45) is 0 Å². The quantitative estimate of drug-likeness (QED) is 0.400. The number of hydrogen-bond acceptors (Lipinski definition) is 6. The monoisotopic (exact) mass is 414 g/mol. The molecular weight excluding hydrogens is 396 g/mol. The van der Waals surface area contributed by atoms with E-state index in [1.54, 1.807) is 49.4 Å². The van der Waals surface area contributed by atoms with Gasteiger partial charge in [-0.05, 0) is 55.0 Å². The van der Waals surface area contributed by atoms with E-state index in [9.17, 15) is 14.9 Å². The number of ether oxygens (including phenoxy) is 3. The summed E-state index contributed by atoms with van der Waals surface area (Å²) in [5.41, 5.74) is 0.981. The maximum atomic E-state index is 12.4. The van der Waals surface area contributed by atoms with E-state index in [1.165, 1.54) is 13.2 Å². The van der Waals surface area contributed by atoms with Crippen LogP contribution in [0.4, 0.5) is 5.69 Å². The molecule has 29 heavy (non-hydrogen) atoms. The first-order valence-electron chi connectivity index (χ1n) is 8.62. The third-order valence-electron chi connectivity index (χ3n) is 3.62. The molecule has 1 amide bonds. The number of nitrogens with zero attached hydrogens (tertiary/aromatic N) is 1. The van der Waals surface area contributed by atoms with Crippen LogP contribution in [0, 0.1) is 11.3 Å². The van der Waals surface area contributed by atoms with E-state index in [0.29, 0.717) is 34.4 Å². The molecule has 0 saturated carbocycles. The summed E-state index contributed by atoms with van der Waals surface area (Å²) in [7, 11) is 1.27. The molecule has 0 fully saturated rings. The van der Waals surface area contributed by atoms with Crippen molar-refractivity contribution in [1.29, 1.82) is 5.26 Å². The van der Waals surface area contributed by atoms with Gasteiger partial charge in [0.15, 0.2) is 18.1 Å². The number of nitriles is 1. The summed E-state index contributed by atoms with van der Waals surface area (Å²) in [6.45, 7) is 1.90. The molecular formula is C21H19ClN2O5. The summed E-state index contributed by atoms with van der Waals surface area (Å²) in [6.07, 6.45) is 1.43. The Balaban J connectivity index is 2.21. The first-order valence-corrected chi connectivity index (χ1v) is 8.99. The minimum atomic E-state index is -0.557. The van der Waals surface area contributed by atoms with Crippen LogP contribution in [0.15, 0.2) is 48.0 Å². The Morgan fingerprint density at radius 2 is 1.86 bits per heavy atom. The van der Waals surface area contributed by atoms with Crippen LogP contribution in [0.25, 0.3) is 6.08 Å². The molecule has 0 aliphatic carbocycles. The highest BCUT2D eigenvalue weighted by molar-refractivity contribution is 6.30. The van der Waals surface area contributed by atoms with Crippen molar-refractivity contribution in [1.82, 2.24) is 0 Å². The molecule has 0 radical (unpaired) electrons. The molecule has 0 heterocycles. The molecule has 2 rings (SSSR count). The average Bonchev–Trinajstić information content (AvgIpc) is 2.72. The number of halogens is 1. The van der Waals surface area contributed by atoms with Crippen LogP contribution in [-0.2, 0) is 14.3 Å². The normalized spacial score (nSPS) is 10.6. The van der Waals surface area contributed by atoms with Crippen molar-refractivity contribution in [3.8, 4) is 17.6 Å². The van der Waals surface area contributed by atoms with Crippen molar-refractivity contribution >= 4 is 35.2 Å². The van der Waals surface area contributed by atoms with E-state index >= 15 is 0 Å². The lowest BCUT2D eigenvalue weighted by molar-refractivity contribution is -0.142. The highest BCUT2D eigenvalue weighted by Crippen LogP contribution is 2.29. The smallest absolute Gasteiger partial charge is 0.343 e. The summed E-state index contributed by atoms with van der Waals surface area (Å²) in [6, 6.07) is 13.3. The number of carbonyl (C=O) groups is 2. The van der Waals surface area contributed by atoms with Crippen LogP contribution >= 0.6 is 11.6 Å². The van der Waals surface area contributed by atoms with E-state index < -0.39 is 11.9 Å². The van der Waals surface area contributed by atoms with Crippen molar-refractivity contribution in [2.75, 3.05) is 25.6 Å². The molecule has 2 aromatic rings. The minimum absolute atomic E-state index is 0.0920. The number of nitrogens with one attached hydrogen (secondary N) is 1. The lowest BCUT2D eigenvalue weighted by atomic mass is 10.1. The molecule has 8 heteroatoms. The topological polar surface area (TPSA) is 97.6 Å². The zero-order valence-electron chi connectivity index (χ0n) is 15.9. The predicted octanol–water partition coefficient (Wildman–Crippen LogP) is 3.84. The molecule has 0 spiro atoms. The van der Waals surface area contributed by atoms with Crippen molar-refractivity contribution in [3.63, 3.8) is 0 Å². The Morgan fingerprint density at radius 1 is 1.14 bits per heavy atom. The Hall–Kier alpha value is -3.50. The number of rotatable bonds is 8. The van der Waals surface area contributed by atoms with Gasteiger partial charge in [-0.25, -0.2) is 4.79 Å². The highest BCUT2D eigenvalue weighted by atomic mass is 35.5. The fraction of sp³-hybridized carbons (Fsp3) is 0.190. The molecule has 2 aromatic carbocycles. The second-order valence-electron chi connectivity index (χ2n) is 5.63. The lowest BCUT2D eigenvalue weighted by Gasteiger charge is -2.12. The van der Waals surface area contributed by atoms with Crippen LogP contribution < -0.4 is 14.8 Å². The minimum Gasteiger partial charge on any atom is -0.490 e. The van der Waals surface area contributed by atoms with E-state index in [4.69, 9.17) is 21.1 Å². The fourth-order valence-corrected chi connectivity index (χ4v) is 2.37. The van der Waals surface area contributed by atoms with E-state index in [0.717, 1.165) is 0 Å². The summed E-state index contributed by atoms with van der Waals surface area (Å²) in [4.78, 5) is 23.6. The van der Waals surface area contributed by atoms with Gasteiger partial charge >= 0.3 is 5.97 Å². The molecule has 0 unspecified atom stereocenters. The fourth-order valence-electron chi connectivity index (χ4n) is 2.24. The number of hydrogen-bond donors (Lipinski definition) is 1. The molecule has 0 saturated heterocycles. The van der Waals surface area contributed by atoms with Crippen molar-refractivity contribution in [3.05, 3.63) is 58.6 Å². The average molecular weight is 415 g/mol. The van der Waals surface area contributed by atoms with Gasteiger partial charge in [0.1, 0.15) is 11.6 Å². The zero-order chi connectivity index (χ0) is 21.2. The Morgan fingerprint density at radius 3 is 2.48 bits per heavy atom. The number of anilines is 1. The van der Waals surface area contributed by atoms with Crippen LogP contribution in [0.1, 0.15) is 12.5 Å². The van der Waals surface area contributed by atoms with Crippen LogP contribution in [0.3, 0.4) is 0 Å². The van der Waals surface area contributed by atoms with Gasteiger partial charge in [0, 0.05) is 10.7 Å². The zero-order valence-corrected chi connectivity index (χ0v) is 16.7. The van der Waals surface area contributed by atoms with Gasteiger partial charge in [-0.3, -0.25) is 4.79 Å². The van der Waals surface area contributed by atoms with Crippen molar-refractivity contribution in [2.45, 2.75) is 6.92 Å². The van der Waals surface area contributed by atoms with Crippen LogP contribution in [-0.4, -0.2) is 32.2 Å². The molecule has 1 N–H and O–H groups in total. The van der Waals surface area contributed by atoms with Gasteiger partial charge in [-0.15, -0.1) is 0 Å². The second kappa shape index (κ2) is 10.7. The van der Waals surface area contributed by atoms with E-state index in [-0.39, 0.29) is 12.2 Å². The first-order chi connectivity index (χ1) is 14.0. The summed E-state index contributed by atoms with van der Waals surface area (Å²) in [5.74, 6) is -0.361. The van der Waals surface area contributed by atoms with Gasteiger partial charge in [-0.2, -0.15) is 5.26 Å². The third-order valence-corrected chi connectivity index (χ3v) is 3.87. The maximum absolute atomic E-state index is 12.4. The predicted molar refractivity (Wildman–Crippen MR) is 109 cm³/mol. The second-order valence-corrected chi connectivity index (χ2v) is 6.07. The van der Waals surface area contributed by atoms with E-state index in [1.807, 2.05) is 6.07 Å². The molecule has 0 aliphatic rings. The summed E-state index contributed by atoms with van der Waals surface area (Å²) in [5, 5.41) is 12.5. The number of methoxy groups -OCH3 is 1. The largest absolute Gasteiger partial charge is 0.490 e. The van der Waals surface area contributed by atoms with E-state index in [2.05, 4.69) is 10.1 Å². The maximum Gasteiger partial charge on any atom is 0.343 e. The molecule has 0 aromatic heterocycles. The molecule has 0 atom stereocenters. The van der Waals surface area contributed by atoms with Crippen molar-refractivity contribution < 1.29 is 23.8 Å². The number of amides is 1. The highest BCUT2D eigenvalue weighted by Gasteiger charge is 2.12. The number of carbonyl (C=O) groups excluding carboxylic acids is 2. The molecule has 150 valence electrons. The summed E-state index contributed by atoms with van der Waals surface area (Å²) >= 11 is 5.82. The van der Waals surface area contributed by atoms with Gasteiger partial charge in [0.2, 0.25) is 0 Å². The third kappa shape index (κ3) is 6.55. The van der Waals surface area contributed by atoms with Gasteiger partial charge < -0.3 is 19.5 Å². The van der Waals surface area contributed by atoms with Gasteiger partial charge in [-0.1, -0.05) is 17.7 Å². The summed E-state index contributed by atoms with van der Waals surface area (Å²) < 4.78 is 15.5. The van der Waals surface area contributed by atoms with Gasteiger partial charge in [0.25, 0.3) is 5.91 Å².